The number of nitro benzene ring substituents is 1. The summed E-state index contributed by atoms with van der Waals surface area (Å²) in [5.41, 5.74) is 1.32. The highest BCUT2D eigenvalue weighted by Gasteiger charge is 2.14. The first kappa shape index (κ1) is 11.8. The molecule has 0 aliphatic heterocycles. The van der Waals surface area contributed by atoms with Crippen LogP contribution in [-0.4, -0.2) is 21.4 Å². The van der Waals surface area contributed by atoms with Crippen molar-refractivity contribution in [3.63, 3.8) is 0 Å². The lowest BCUT2D eigenvalue weighted by atomic mass is 10.2. The van der Waals surface area contributed by atoms with Crippen LogP contribution in [-0.2, 0) is 6.54 Å². The van der Waals surface area contributed by atoms with Gasteiger partial charge in [0.15, 0.2) is 0 Å². The number of benzene rings is 1. The number of carbonyl (C=O) groups excluding carboxylic acids is 1. The van der Waals surface area contributed by atoms with Crippen LogP contribution in [0.3, 0.4) is 0 Å². The van der Waals surface area contributed by atoms with Gasteiger partial charge < -0.3 is 5.32 Å². The van der Waals surface area contributed by atoms with E-state index in [2.05, 4.69) is 15.5 Å². The first-order valence-corrected chi connectivity index (χ1v) is 5.16. The van der Waals surface area contributed by atoms with Gasteiger partial charge in [-0.1, -0.05) is 0 Å². The molecule has 7 nitrogen and oxygen atoms in total. The van der Waals surface area contributed by atoms with E-state index in [1.807, 2.05) is 0 Å². The number of rotatable bonds is 5. The number of aldehydes is 1. The molecule has 0 fully saturated rings. The average molecular weight is 246 g/mol. The molecule has 0 saturated heterocycles. The standard InChI is InChI=1S/C11H10N4O3/c16-7-8-1-2-10(11(5-8)15(17)18)12-6-9-3-4-13-14-9/h1-5,7,12H,6H2,(H,13,14). The SMILES string of the molecule is O=Cc1ccc(NCc2ccn[nH]2)c([N+](=O)[O-])c1. The molecular weight excluding hydrogens is 236 g/mol. The maximum Gasteiger partial charge on any atom is 0.293 e. The molecule has 0 spiro atoms. The summed E-state index contributed by atoms with van der Waals surface area (Å²) < 4.78 is 0. The fraction of sp³-hybridized carbons (Fsp3) is 0.0909. The van der Waals surface area contributed by atoms with Crippen LogP contribution in [0.2, 0.25) is 0 Å². The third-order valence-corrected chi connectivity index (χ3v) is 2.38. The minimum atomic E-state index is -0.526. The highest BCUT2D eigenvalue weighted by molar-refractivity contribution is 5.79. The quantitative estimate of drug-likeness (QED) is 0.475. The zero-order chi connectivity index (χ0) is 13.0. The third-order valence-electron chi connectivity index (χ3n) is 2.38. The van der Waals surface area contributed by atoms with Gasteiger partial charge in [-0.15, -0.1) is 0 Å². The molecule has 0 aliphatic rings. The number of hydrogen-bond acceptors (Lipinski definition) is 5. The maximum atomic E-state index is 10.9. The van der Waals surface area contributed by atoms with Gasteiger partial charge in [-0.05, 0) is 18.2 Å². The first-order valence-electron chi connectivity index (χ1n) is 5.16. The Kier molecular flexibility index (Phi) is 3.33. The summed E-state index contributed by atoms with van der Waals surface area (Å²) in [5.74, 6) is 0. The van der Waals surface area contributed by atoms with Gasteiger partial charge >= 0.3 is 0 Å². The van der Waals surface area contributed by atoms with Crippen molar-refractivity contribution in [2.24, 2.45) is 0 Å². The fourth-order valence-electron chi connectivity index (χ4n) is 1.50. The molecule has 0 amide bonds. The van der Waals surface area contributed by atoms with Gasteiger partial charge in [0.25, 0.3) is 5.69 Å². The number of nitro groups is 1. The van der Waals surface area contributed by atoms with Gasteiger partial charge in [-0.25, -0.2) is 0 Å². The summed E-state index contributed by atoms with van der Waals surface area (Å²) in [5, 5.41) is 20.3. The molecule has 0 radical (unpaired) electrons. The maximum absolute atomic E-state index is 10.9. The highest BCUT2D eigenvalue weighted by atomic mass is 16.6. The van der Waals surface area contributed by atoms with Gasteiger partial charge in [0.2, 0.25) is 0 Å². The lowest BCUT2D eigenvalue weighted by Crippen LogP contribution is -2.03. The molecule has 1 aromatic carbocycles. The molecule has 92 valence electrons. The van der Waals surface area contributed by atoms with E-state index in [1.54, 1.807) is 12.3 Å². The van der Waals surface area contributed by atoms with Crippen LogP contribution in [0.5, 0.6) is 0 Å². The number of nitrogens with zero attached hydrogens (tertiary/aromatic N) is 2. The van der Waals surface area contributed by atoms with E-state index in [1.165, 1.54) is 18.2 Å². The van der Waals surface area contributed by atoms with Crippen molar-refractivity contribution >= 4 is 17.7 Å². The van der Waals surface area contributed by atoms with E-state index in [4.69, 9.17) is 0 Å². The van der Waals surface area contributed by atoms with Crippen LogP contribution in [0, 0.1) is 10.1 Å². The highest BCUT2D eigenvalue weighted by Crippen LogP contribution is 2.25. The van der Waals surface area contributed by atoms with E-state index in [0.29, 0.717) is 18.5 Å². The molecule has 18 heavy (non-hydrogen) atoms. The Morgan fingerprint density at radius 3 is 2.89 bits per heavy atom. The zero-order valence-electron chi connectivity index (χ0n) is 9.29. The minimum Gasteiger partial charge on any atom is -0.374 e. The number of nitrogens with one attached hydrogen (secondary N) is 2. The second-order valence-corrected chi connectivity index (χ2v) is 3.59. The first-order chi connectivity index (χ1) is 8.70. The van der Waals surface area contributed by atoms with Crippen molar-refractivity contribution in [2.75, 3.05) is 5.32 Å². The normalized spacial score (nSPS) is 10.0. The van der Waals surface area contributed by atoms with E-state index in [9.17, 15) is 14.9 Å². The molecule has 0 bridgehead atoms. The zero-order valence-corrected chi connectivity index (χ0v) is 9.29. The summed E-state index contributed by atoms with van der Waals surface area (Å²) in [6.45, 7) is 0.390. The summed E-state index contributed by atoms with van der Waals surface area (Å²) in [6, 6.07) is 6.04. The molecule has 0 saturated carbocycles. The van der Waals surface area contributed by atoms with Gasteiger partial charge in [0, 0.05) is 17.8 Å². The number of H-pyrrole nitrogens is 1. The van der Waals surface area contributed by atoms with Crippen LogP contribution < -0.4 is 5.32 Å². The van der Waals surface area contributed by atoms with Crippen molar-refractivity contribution in [1.29, 1.82) is 0 Å². The number of aromatic nitrogens is 2. The second-order valence-electron chi connectivity index (χ2n) is 3.59. The van der Waals surface area contributed by atoms with Crippen LogP contribution >= 0.6 is 0 Å². The summed E-state index contributed by atoms with van der Waals surface area (Å²) in [6.07, 6.45) is 2.17. The van der Waals surface area contributed by atoms with Crippen molar-refractivity contribution < 1.29 is 9.72 Å². The molecule has 2 aromatic rings. The molecular formula is C11H10N4O3. The summed E-state index contributed by atoms with van der Waals surface area (Å²) in [4.78, 5) is 20.9. The number of carbonyl (C=O) groups is 1. The smallest absolute Gasteiger partial charge is 0.293 e. The largest absolute Gasteiger partial charge is 0.374 e. The topological polar surface area (TPSA) is 101 Å². The minimum absolute atomic E-state index is 0.126. The molecule has 0 aliphatic carbocycles. The van der Waals surface area contributed by atoms with Gasteiger partial charge in [-0.3, -0.25) is 20.0 Å². The molecule has 1 heterocycles. The molecule has 0 unspecified atom stereocenters. The van der Waals surface area contributed by atoms with Gasteiger partial charge in [-0.2, -0.15) is 5.10 Å². The molecule has 2 N–H and O–H groups in total. The van der Waals surface area contributed by atoms with Gasteiger partial charge in [0.05, 0.1) is 17.2 Å². The Balaban J connectivity index is 2.21. The number of anilines is 1. The third kappa shape index (κ3) is 2.51. The molecule has 1 aromatic heterocycles. The van der Waals surface area contributed by atoms with Crippen LogP contribution in [0.4, 0.5) is 11.4 Å². The van der Waals surface area contributed by atoms with Crippen LogP contribution in [0.15, 0.2) is 30.5 Å². The lowest BCUT2D eigenvalue weighted by Gasteiger charge is -2.06. The van der Waals surface area contributed by atoms with Crippen LogP contribution in [0.25, 0.3) is 0 Å². The molecule has 0 atom stereocenters. The summed E-state index contributed by atoms with van der Waals surface area (Å²) in [7, 11) is 0. The monoisotopic (exact) mass is 246 g/mol. The van der Waals surface area contributed by atoms with E-state index < -0.39 is 4.92 Å². The number of aromatic amines is 1. The van der Waals surface area contributed by atoms with Crippen molar-refractivity contribution in [1.82, 2.24) is 10.2 Å². The predicted octanol–water partition coefficient (Wildman–Crippen LogP) is 1.74. The average Bonchev–Trinajstić information content (AvgIpc) is 2.89. The molecule has 2 rings (SSSR count). The lowest BCUT2D eigenvalue weighted by molar-refractivity contribution is -0.384. The van der Waals surface area contributed by atoms with Crippen LogP contribution in [0.1, 0.15) is 16.1 Å². The van der Waals surface area contributed by atoms with Crippen molar-refractivity contribution in [3.8, 4) is 0 Å². The van der Waals surface area contributed by atoms with E-state index in [-0.39, 0.29) is 11.3 Å². The molecule has 7 heteroatoms. The van der Waals surface area contributed by atoms with Crippen molar-refractivity contribution in [2.45, 2.75) is 6.54 Å². The van der Waals surface area contributed by atoms with Gasteiger partial charge in [0.1, 0.15) is 12.0 Å². The Hall–Kier alpha value is -2.70. The Labute approximate surface area is 102 Å². The van der Waals surface area contributed by atoms with E-state index >= 15 is 0 Å². The predicted molar refractivity (Wildman–Crippen MR) is 64.4 cm³/mol. The summed E-state index contributed by atoms with van der Waals surface area (Å²) >= 11 is 0. The fourth-order valence-corrected chi connectivity index (χ4v) is 1.50. The number of hydrogen-bond donors (Lipinski definition) is 2. The Morgan fingerprint density at radius 1 is 1.44 bits per heavy atom. The Bertz CT molecular complexity index is 566. The second kappa shape index (κ2) is 5.09. The van der Waals surface area contributed by atoms with E-state index in [0.717, 1.165) is 5.69 Å². The van der Waals surface area contributed by atoms with Crippen molar-refractivity contribution in [3.05, 3.63) is 51.8 Å². The Morgan fingerprint density at radius 2 is 2.28 bits per heavy atom.